The fraction of sp³-hybridized carbons (Fsp3) is 0.560. The Labute approximate surface area is 212 Å². The van der Waals surface area contributed by atoms with Crippen LogP contribution < -0.4 is 10.6 Å². The summed E-state index contributed by atoms with van der Waals surface area (Å²) in [5.74, 6) is -0.478. The maximum Gasteiger partial charge on any atom is 0.338 e. The number of carbonyl (C=O) groups excluding carboxylic acids is 3. The normalized spacial score (nSPS) is 19.5. The average Bonchev–Trinajstić information content (AvgIpc) is 2.78. The number of likely N-dealkylation sites (N-methyl/N-ethyl adjacent to an activating group) is 1. The quantitative estimate of drug-likeness (QED) is 0.578. The first-order valence-electron chi connectivity index (χ1n) is 12.1. The van der Waals surface area contributed by atoms with E-state index in [-0.39, 0.29) is 24.2 Å². The highest BCUT2D eigenvalue weighted by molar-refractivity contribution is 6.31. The van der Waals surface area contributed by atoms with E-state index in [1.165, 1.54) is 0 Å². The second kappa shape index (κ2) is 11.3. The van der Waals surface area contributed by atoms with E-state index in [9.17, 15) is 14.4 Å². The molecule has 0 spiro atoms. The summed E-state index contributed by atoms with van der Waals surface area (Å²) in [6.45, 7) is 12.8. The SMILES string of the molecule is CCOC(=O)C1=C(CN2CCN(C(=O)NC(C)(C)C)CC2)N(CC)C(=O)N[C@@H]1c1ccccc1Cl. The Balaban J connectivity index is 1.90. The Morgan fingerprint density at radius 1 is 1.14 bits per heavy atom. The monoisotopic (exact) mass is 505 g/mol. The molecule has 2 aliphatic heterocycles. The van der Waals surface area contributed by atoms with Crippen LogP contribution in [0.15, 0.2) is 35.5 Å². The van der Waals surface area contributed by atoms with Gasteiger partial charge >= 0.3 is 18.0 Å². The maximum atomic E-state index is 13.2. The number of nitrogens with one attached hydrogen (secondary N) is 2. The first-order chi connectivity index (χ1) is 16.6. The summed E-state index contributed by atoms with van der Waals surface area (Å²) < 4.78 is 5.42. The number of hydrogen-bond donors (Lipinski definition) is 2. The Bertz CT molecular complexity index is 982. The molecule has 192 valence electrons. The van der Waals surface area contributed by atoms with Crippen molar-refractivity contribution in [3.63, 3.8) is 0 Å². The Morgan fingerprint density at radius 3 is 2.37 bits per heavy atom. The summed E-state index contributed by atoms with van der Waals surface area (Å²) >= 11 is 6.46. The standard InChI is InChI=1S/C25H36ClN5O4/c1-6-31-19(16-29-12-14-30(15-13-29)24(34)28-25(3,4)5)20(22(32)35-7-2)21(27-23(31)33)17-10-8-9-11-18(17)26/h8-11,21H,6-7,12-16H2,1-5H3,(H,27,33)(H,28,34)/t21-/m1/s1. The Hall–Kier alpha value is -2.78. The van der Waals surface area contributed by atoms with Gasteiger partial charge in [-0.3, -0.25) is 9.80 Å². The molecule has 0 bridgehead atoms. The molecule has 9 nitrogen and oxygen atoms in total. The van der Waals surface area contributed by atoms with E-state index < -0.39 is 12.0 Å². The van der Waals surface area contributed by atoms with Gasteiger partial charge in [-0.2, -0.15) is 0 Å². The van der Waals surface area contributed by atoms with Crippen LogP contribution in [0.2, 0.25) is 5.02 Å². The zero-order valence-electron chi connectivity index (χ0n) is 21.2. The molecular weight excluding hydrogens is 470 g/mol. The molecule has 4 amide bonds. The van der Waals surface area contributed by atoms with Gasteiger partial charge in [0.1, 0.15) is 0 Å². The summed E-state index contributed by atoms with van der Waals surface area (Å²) in [6.07, 6.45) is 0. The van der Waals surface area contributed by atoms with Crippen molar-refractivity contribution in [3.05, 3.63) is 46.1 Å². The van der Waals surface area contributed by atoms with Crippen LogP contribution in [-0.2, 0) is 9.53 Å². The minimum Gasteiger partial charge on any atom is -0.463 e. The number of benzene rings is 1. The van der Waals surface area contributed by atoms with Crippen molar-refractivity contribution < 1.29 is 19.1 Å². The van der Waals surface area contributed by atoms with Crippen LogP contribution in [0.5, 0.6) is 0 Å². The molecule has 0 aromatic heterocycles. The van der Waals surface area contributed by atoms with Gasteiger partial charge in [-0.05, 0) is 46.2 Å². The lowest BCUT2D eigenvalue weighted by Gasteiger charge is -2.40. The van der Waals surface area contributed by atoms with Crippen LogP contribution in [-0.4, -0.2) is 84.1 Å². The van der Waals surface area contributed by atoms with E-state index >= 15 is 0 Å². The van der Waals surface area contributed by atoms with Gasteiger partial charge in [-0.15, -0.1) is 0 Å². The molecule has 2 heterocycles. The van der Waals surface area contributed by atoms with Crippen LogP contribution in [0.4, 0.5) is 9.59 Å². The molecule has 0 unspecified atom stereocenters. The maximum absolute atomic E-state index is 13.2. The molecule has 0 saturated carbocycles. The smallest absolute Gasteiger partial charge is 0.338 e. The van der Waals surface area contributed by atoms with Crippen molar-refractivity contribution in [2.24, 2.45) is 0 Å². The topological polar surface area (TPSA) is 94.2 Å². The van der Waals surface area contributed by atoms with Gasteiger partial charge in [-0.1, -0.05) is 29.8 Å². The van der Waals surface area contributed by atoms with Crippen molar-refractivity contribution in [2.75, 3.05) is 45.9 Å². The third-order valence-corrected chi connectivity index (χ3v) is 6.33. The van der Waals surface area contributed by atoms with E-state index in [0.29, 0.717) is 61.1 Å². The number of nitrogens with zero attached hydrogens (tertiary/aromatic N) is 3. The van der Waals surface area contributed by atoms with Gasteiger partial charge in [-0.25, -0.2) is 14.4 Å². The molecule has 3 rings (SSSR count). The van der Waals surface area contributed by atoms with Crippen LogP contribution in [0.1, 0.15) is 46.2 Å². The zero-order chi connectivity index (χ0) is 25.8. The number of hydrogen-bond acceptors (Lipinski definition) is 5. The number of halogens is 1. The van der Waals surface area contributed by atoms with Crippen LogP contribution in [0.3, 0.4) is 0 Å². The Kier molecular flexibility index (Phi) is 8.66. The van der Waals surface area contributed by atoms with Crippen LogP contribution in [0.25, 0.3) is 0 Å². The lowest BCUT2D eigenvalue weighted by Crippen LogP contribution is -2.56. The largest absolute Gasteiger partial charge is 0.463 e. The van der Waals surface area contributed by atoms with Gasteiger partial charge < -0.3 is 20.3 Å². The summed E-state index contributed by atoms with van der Waals surface area (Å²) in [7, 11) is 0. The van der Waals surface area contributed by atoms with Gasteiger partial charge in [0, 0.05) is 55.5 Å². The minimum atomic E-state index is -0.716. The number of piperazine rings is 1. The molecular formula is C25H36ClN5O4. The molecule has 35 heavy (non-hydrogen) atoms. The van der Waals surface area contributed by atoms with E-state index in [1.807, 2.05) is 33.8 Å². The van der Waals surface area contributed by atoms with Crippen molar-refractivity contribution in [1.29, 1.82) is 0 Å². The van der Waals surface area contributed by atoms with Gasteiger partial charge in [0.05, 0.1) is 18.2 Å². The molecule has 1 aromatic rings. The molecule has 2 aliphatic rings. The molecule has 1 aromatic carbocycles. The number of carbonyl (C=O) groups is 3. The lowest BCUT2D eigenvalue weighted by molar-refractivity contribution is -0.139. The first-order valence-corrected chi connectivity index (χ1v) is 12.5. The van der Waals surface area contributed by atoms with Crippen LogP contribution >= 0.6 is 11.6 Å². The fourth-order valence-corrected chi connectivity index (χ4v) is 4.57. The highest BCUT2D eigenvalue weighted by Gasteiger charge is 2.39. The van der Waals surface area contributed by atoms with E-state index in [2.05, 4.69) is 15.5 Å². The molecule has 10 heteroatoms. The summed E-state index contributed by atoms with van der Waals surface area (Å²) in [6, 6.07) is 6.07. The third-order valence-electron chi connectivity index (χ3n) is 5.98. The summed E-state index contributed by atoms with van der Waals surface area (Å²) in [5, 5.41) is 6.40. The summed E-state index contributed by atoms with van der Waals surface area (Å²) in [5.41, 5.74) is 1.32. The predicted octanol–water partition coefficient (Wildman–Crippen LogP) is 3.37. The van der Waals surface area contributed by atoms with Crippen molar-refractivity contribution in [1.82, 2.24) is 25.3 Å². The molecule has 1 saturated heterocycles. The highest BCUT2D eigenvalue weighted by atomic mass is 35.5. The van der Waals surface area contributed by atoms with E-state index in [4.69, 9.17) is 16.3 Å². The van der Waals surface area contributed by atoms with Crippen molar-refractivity contribution in [3.8, 4) is 0 Å². The Morgan fingerprint density at radius 2 is 1.80 bits per heavy atom. The number of ether oxygens (including phenoxy) is 1. The molecule has 1 fully saturated rings. The van der Waals surface area contributed by atoms with Crippen molar-refractivity contribution in [2.45, 2.75) is 46.2 Å². The second-order valence-electron chi connectivity index (χ2n) is 9.67. The van der Waals surface area contributed by atoms with Crippen molar-refractivity contribution >= 4 is 29.6 Å². The highest BCUT2D eigenvalue weighted by Crippen LogP contribution is 2.35. The molecule has 1 atom stereocenters. The average molecular weight is 506 g/mol. The molecule has 0 aliphatic carbocycles. The molecule has 0 radical (unpaired) electrons. The third kappa shape index (κ3) is 6.46. The number of amides is 4. The second-order valence-corrected chi connectivity index (χ2v) is 10.1. The lowest BCUT2D eigenvalue weighted by atomic mass is 9.94. The fourth-order valence-electron chi connectivity index (χ4n) is 4.32. The number of esters is 1. The van der Waals surface area contributed by atoms with E-state index in [0.717, 1.165) is 0 Å². The zero-order valence-corrected chi connectivity index (χ0v) is 21.9. The minimum absolute atomic E-state index is 0.0883. The van der Waals surface area contributed by atoms with E-state index in [1.54, 1.807) is 34.9 Å². The van der Waals surface area contributed by atoms with Gasteiger partial charge in [0.15, 0.2) is 0 Å². The summed E-state index contributed by atoms with van der Waals surface area (Å²) in [4.78, 5) is 44.4. The molecule has 2 N–H and O–H groups in total. The number of urea groups is 2. The number of rotatable bonds is 6. The predicted molar refractivity (Wildman–Crippen MR) is 135 cm³/mol. The van der Waals surface area contributed by atoms with Crippen LogP contribution in [0, 0.1) is 0 Å². The van der Waals surface area contributed by atoms with Gasteiger partial charge in [0.25, 0.3) is 0 Å². The first kappa shape index (κ1) is 26.8. The van der Waals surface area contributed by atoms with Gasteiger partial charge in [0.2, 0.25) is 0 Å².